The van der Waals surface area contributed by atoms with Gasteiger partial charge in [0.05, 0.1) is 0 Å². The highest BCUT2D eigenvalue weighted by molar-refractivity contribution is 5.81. The van der Waals surface area contributed by atoms with E-state index in [1.807, 2.05) is 13.0 Å². The molecule has 0 heterocycles. The smallest absolute Gasteiger partial charge is 0.328 e. The zero-order chi connectivity index (χ0) is 20.2. The van der Waals surface area contributed by atoms with Crippen molar-refractivity contribution < 1.29 is 9.90 Å². The van der Waals surface area contributed by atoms with E-state index >= 15 is 0 Å². The van der Waals surface area contributed by atoms with Crippen molar-refractivity contribution in [3.05, 3.63) is 58.7 Å². The van der Waals surface area contributed by atoms with Gasteiger partial charge in [-0.15, -0.1) is 0 Å². The lowest BCUT2D eigenvalue weighted by atomic mass is 9.62. The Morgan fingerprint density at radius 1 is 1.07 bits per heavy atom. The zero-order valence-corrected chi connectivity index (χ0v) is 17.9. The number of hydrogen-bond acceptors (Lipinski definition) is 1. The molecule has 1 saturated carbocycles. The molecule has 0 saturated heterocycles. The van der Waals surface area contributed by atoms with Gasteiger partial charge in [0.2, 0.25) is 0 Å². The van der Waals surface area contributed by atoms with Crippen molar-refractivity contribution in [2.24, 2.45) is 11.8 Å². The highest BCUT2D eigenvalue weighted by Crippen LogP contribution is 2.61. The van der Waals surface area contributed by atoms with Crippen molar-refractivity contribution in [3.8, 4) is 0 Å². The van der Waals surface area contributed by atoms with E-state index in [4.69, 9.17) is 5.11 Å². The fourth-order valence-electron chi connectivity index (χ4n) is 5.01. The molecule has 1 N–H and O–H groups in total. The fourth-order valence-corrected chi connectivity index (χ4v) is 5.01. The first kappa shape index (κ1) is 19.9. The Morgan fingerprint density at radius 3 is 2.26 bits per heavy atom. The van der Waals surface area contributed by atoms with Crippen LogP contribution >= 0.6 is 0 Å². The van der Waals surface area contributed by atoms with Crippen LogP contribution in [0.3, 0.4) is 0 Å². The molecule has 0 aliphatic heterocycles. The molecule has 3 atom stereocenters. The topological polar surface area (TPSA) is 37.3 Å². The number of carbonyl (C=O) groups is 1. The van der Waals surface area contributed by atoms with Crippen LogP contribution in [0.4, 0.5) is 0 Å². The van der Waals surface area contributed by atoms with Crippen LogP contribution < -0.4 is 0 Å². The maximum atomic E-state index is 10.8. The number of carboxylic acids is 1. The summed E-state index contributed by atoms with van der Waals surface area (Å²) < 4.78 is 0. The van der Waals surface area contributed by atoms with E-state index in [0.29, 0.717) is 11.8 Å². The first-order valence-electron chi connectivity index (χ1n) is 10.1. The number of hydrogen-bond donors (Lipinski definition) is 1. The SMILES string of the molecule is CC(/C=C/C1[C@H](C)[C@]1(C)c1ccc2c(c1)C(C)(C)CCC2(C)C)=C\C(=O)O. The van der Waals surface area contributed by atoms with Gasteiger partial charge in [-0.3, -0.25) is 0 Å². The summed E-state index contributed by atoms with van der Waals surface area (Å²) in [7, 11) is 0. The summed E-state index contributed by atoms with van der Waals surface area (Å²) >= 11 is 0. The van der Waals surface area contributed by atoms with Crippen molar-refractivity contribution in [3.63, 3.8) is 0 Å². The van der Waals surface area contributed by atoms with Crippen molar-refractivity contribution in [1.29, 1.82) is 0 Å². The van der Waals surface area contributed by atoms with Crippen LogP contribution in [-0.2, 0) is 21.0 Å². The first-order valence-corrected chi connectivity index (χ1v) is 10.1. The van der Waals surface area contributed by atoms with Gasteiger partial charge in [-0.1, -0.05) is 71.9 Å². The minimum atomic E-state index is -0.886. The highest BCUT2D eigenvalue weighted by Gasteiger charge is 2.58. The lowest BCUT2D eigenvalue weighted by Gasteiger charge is -2.42. The van der Waals surface area contributed by atoms with Crippen LogP contribution in [0.2, 0.25) is 0 Å². The van der Waals surface area contributed by atoms with Crippen molar-refractivity contribution >= 4 is 5.97 Å². The molecule has 2 heteroatoms. The molecule has 1 unspecified atom stereocenters. The average molecular weight is 367 g/mol. The van der Waals surface area contributed by atoms with Gasteiger partial charge in [0.1, 0.15) is 0 Å². The summed E-state index contributed by atoms with van der Waals surface area (Å²) in [5, 5.41) is 8.89. The number of allylic oxidation sites excluding steroid dienone is 3. The Kier molecular flexibility index (Phi) is 4.69. The minimum Gasteiger partial charge on any atom is -0.478 e. The van der Waals surface area contributed by atoms with E-state index in [1.165, 1.54) is 35.6 Å². The van der Waals surface area contributed by atoms with Crippen LogP contribution in [0, 0.1) is 11.8 Å². The third-order valence-corrected chi connectivity index (χ3v) is 7.46. The fraction of sp³-hybridized carbons (Fsp3) is 0.560. The van der Waals surface area contributed by atoms with Gasteiger partial charge in [-0.05, 0) is 64.7 Å². The van der Waals surface area contributed by atoms with Gasteiger partial charge in [-0.25, -0.2) is 4.79 Å². The predicted molar refractivity (Wildman–Crippen MR) is 112 cm³/mol. The molecule has 2 aliphatic rings. The first-order chi connectivity index (χ1) is 12.4. The molecular weight excluding hydrogens is 332 g/mol. The molecule has 0 spiro atoms. The van der Waals surface area contributed by atoms with E-state index in [9.17, 15) is 4.79 Å². The van der Waals surface area contributed by atoms with E-state index in [0.717, 1.165) is 5.57 Å². The van der Waals surface area contributed by atoms with Gasteiger partial charge in [0.25, 0.3) is 0 Å². The number of fused-ring (bicyclic) bond motifs is 1. The lowest BCUT2D eigenvalue weighted by Crippen LogP contribution is -2.34. The largest absolute Gasteiger partial charge is 0.478 e. The molecule has 3 rings (SSSR count). The summed E-state index contributed by atoms with van der Waals surface area (Å²) in [6.45, 7) is 16.0. The molecule has 0 aromatic heterocycles. The van der Waals surface area contributed by atoms with E-state index < -0.39 is 5.97 Å². The Bertz CT molecular complexity index is 825. The monoisotopic (exact) mass is 366 g/mol. The van der Waals surface area contributed by atoms with Crippen molar-refractivity contribution in [2.45, 2.75) is 77.6 Å². The maximum absolute atomic E-state index is 10.8. The van der Waals surface area contributed by atoms with Gasteiger partial charge < -0.3 is 5.11 Å². The molecule has 27 heavy (non-hydrogen) atoms. The van der Waals surface area contributed by atoms with Crippen LogP contribution in [0.1, 0.15) is 78.0 Å². The summed E-state index contributed by atoms with van der Waals surface area (Å²) in [5.74, 6) is 0.125. The molecule has 1 aromatic rings. The second-order valence-corrected chi connectivity index (χ2v) is 10.2. The van der Waals surface area contributed by atoms with Crippen LogP contribution in [0.15, 0.2) is 42.0 Å². The molecule has 1 aromatic carbocycles. The quantitative estimate of drug-likeness (QED) is 0.513. The standard InChI is InChI=1S/C25H34O2/c1-16(14-22(26)27)8-10-19-17(2)25(19,7)18-9-11-20-21(15-18)24(5,6)13-12-23(20,3)4/h8-11,14-15,17,19H,12-13H2,1-7H3,(H,26,27)/b10-8+,16-14+/t17-,19?,25+/m0/s1. The van der Waals surface area contributed by atoms with Gasteiger partial charge in [0, 0.05) is 11.5 Å². The molecular formula is C25H34O2. The van der Waals surface area contributed by atoms with Crippen LogP contribution in [-0.4, -0.2) is 11.1 Å². The minimum absolute atomic E-state index is 0.132. The molecule has 0 bridgehead atoms. The van der Waals surface area contributed by atoms with E-state index in [2.05, 4.69) is 65.8 Å². The molecule has 2 aliphatic carbocycles. The molecule has 0 radical (unpaired) electrons. The van der Waals surface area contributed by atoms with Gasteiger partial charge in [-0.2, -0.15) is 0 Å². The highest BCUT2D eigenvalue weighted by atomic mass is 16.4. The zero-order valence-electron chi connectivity index (χ0n) is 17.9. The maximum Gasteiger partial charge on any atom is 0.328 e. The lowest BCUT2D eigenvalue weighted by molar-refractivity contribution is -0.131. The number of rotatable bonds is 4. The third-order valence-electron chi connectivity index (χ3n) is 7.46. The van der Waals surface area contributed by atoms with Crippen LogP contribution in [0.5, 0.6) is 0 Å². The van der Waals surface area contributed by atoms with Gasteiger partial charge >= 0.3 is 5.97 Å². The van der Waals surface area contributed by atoms with Crippen molar-refractivity contribution in [2.75, 3.05) is 0 Å². The summed E-state index contributed by atoms with van der Waals surface area (Å²) in [6.07, 6.45) is 7.90. The number of benzene rings is 1. The molecule has 0 amide bonds. The average Bonchev–Trinajstić information content (AvgIpc) is 3.11. The number of carboxylic acid groups (broad SMARTS) is 1. The van der Waals surface area contributed by atoms with E-state index in [1.54, 1.807) is 0 Å². The third kappa shape index (κ3) is 3.39. The Hall–Kier alpha value is -1.83. The molecule has 1 fully saturated rings. The second-order valence-electron chi connectivity index (χ2n) is 10.2. The van der Waals surface area contributed by atoms with Crippen molar-refractivity contribution in [1.82, 2.24) is 0 Å². The molecule has 146 valence electrons. The summed E-state index contributed by atoms with van der Waals surface area (Å²) in [6, 6.07) is 7.19. The van der Waals surface area contributed by atoms with Gasteiger partial charge in [0.15, 0.2) is 0 Å². The normalized spacial score (nSPS) is 31.6. The Balaban J connectivity index is 1.94. The summed E-state index contributed by atoms with van der Waals surface area (Å²) in [4.78, 5) is 10.8. The van der Waals surface area contributed by atoms with E-state index in [-0.39, 0.29) is 16.2 Å². The second kappa shape index (κ2) is 6.36. The summed E-state index contributed by atoms with van der Waals surface area (Å²) in [5.41, 5.74) is 5.84. The molecule has 2 nitrogen and oxygen atoms in total. The Labute approximate surface area is 164 Å². The Morgan fingerprint density at radius 2 is 1.67 bits per heavy atom. The number of aliphatic carboxylic acids is 1. The predicted octanol–water partition coefficient (Wildman–Crippen LogP) is 6.15. The van der Waals surface area contributed by atoms with Crippen LogP contribution in [0.25, 0.3) is 0 Å².